The van der Waals surface area contributed by atoms with Gasteiger partial charge in [-0.15, -0.1) is 10.2 Å². The molecule has 2 fully saturated rings. The number of fused-ring (bicyclic) bond motifs is 2. The van der Waals surface area contributed by atoms with E-state index in [1.807, 2.05) is 0 Å². The summed E-state index contributed by atoms with van der Waals surface area (Å²) in [7, 11) is 0. The number of rotatable bonds is 1. The van der Waals surface area contributed by atoms with E-state index in [4.69, 9.17) is 23.2 Å². The Morgan fingerprint density at radius 2 is 1.82 bits per heavy atom. The van der Waals surface area contributed by atoms with Gasteiger partial charge in [-0.1, -0.05) is 23.2 Å². The van der Waals surface area contributed by atoms with Crippen LogP contribution in [0.15, 0.2) is 6.07 Å². The molecule has 2 aliphatic heterocycles. The van der Waals surface area contributed by atoms with Crippen molar-refractivity contribution < 1.29 is 5.11 Å². The molecule has 1 aromatic heterocycles. The summed E-state index contributed by atoms with van der Waals surface area (Å²) in [6.45, 7) is 0. The van der Waals surface area contributed by atoms with Crippen LogP contribution in [0.4, 0.5) is 5.69 Å². The van der Waals surface area contributed by atoms with Gasteiger partial charge in [0.1, 0.15) is 0 Å². The second-order valence-electron chi connectivity index (χ2n) is 4.76. The lowest BCUT2D eigenvalue weighted by molar-refractivity contribution is 0.126. The van der Waals surface area contributed by atoms with E-state index in [-0.39, 0.29) is 6.10 Å². The fraction of sp³-hybridized carbons (Fsp3) is 0.636. The second kappa shape index (κ2) is 4.26. The lowest BCUT2D eigenvalue weighted by atomic mass is 9.99. The first-order valence-electron chi connectivity index (χ1n) is 5.80. The van der Waals surface area contributed by atoms with Gasteiger partial charge in [-0.05, 0) is 25.7 Å². The van der Waals surface area contributed by atoms with Crippen LogP contribution < -0.4 is 4.90 Å². The van der Waals surface area contributed by atoms with Crippen molar-refractivity contribution in [3.8, 4) is 0 Å². The summed E-state index contributed by atoms with van der Waals surface area (Å²) in [6, 6.07) is 2.46. The summed E-state index contributed by atoms with van der Waals surface area (Å²) in [5.41, 5.74) is 0.853. The molecule has 1 aromatic rings. The number of aromatic nitrogens is 2. The van der Waals surface area contributed by atoms with E-state index >= 15 is 0 Å². The van der Waals surface area contributed by atoms with Crippen LogP contribution in [-0.4, -0.2) is 33.5 Å². The van der Waals surface area contributed by atoms with Gasteiger partial charge in [0, 0.05) is 18.2 Å². The Kier molecular flexibility index (Phi) is 2.89. The zero-order valence-corrected chi connectivity index (χ0v) is 10.7. The first-order chi connectivity index (χ1) is 8.15. The standard InChI is InChI=1S/C11H13Cl2N3O/c12-10-5-9(11(13)15-14-10)16-6-1-2-7(16)4-8(17)3-6/h5-8,17H,1-4H2. The Bertz CT molecular complexity index is 429. The van der Waals surface area contributed by atoms with Crippen LogP contribution in [0.3, 0.4) is 0 Å². The molecular weight excluding hydrogens is 261 g/mol. The van der Waals surface area contributed by atoms with Crippen LogP contribution in [0.5, 0.6) is 0 Å². The van der Waals surface area contributed by atoms with Gasteiger partial charge < -0.3 is 10.0 Å². The highest BCUT2D eigenvalue weighted by Gasteiger charge is 2.41. The molecule has 92 valence electrons. The molecule has 1 N–H and O–H groups in total. The Balaban J connectivity index is 1.97. The molecule has 0 aromatic carbocycles. The van der Waals surface area contributed by atoms with Crippen LogP contribution in [0.1, 0.15) is 25.7 Å². The largest absolute Gasteiger partial charge is 0.393 e. The van der Waals surface area contributed by atoms with Crippen molar-refractivity contribution in [1.29, 1.82) is 0 Å². The van der Waals surface area contributed by atoms with Crippen molar-refractivity contribution >= 4 is 28.9 Å². The van der Waals surface area contributed by atoms with Gasteiger partial charge in [-0.25, -0.2) is 0 Å². The molecular formula is C11H13Cl2N3O. The molecule has 2 bridgehead atoms. The van der Waals surface area contributed by atoms with Crippen LogP contribution in [-0.2, 0) is 0 Å². The van der Waals surface area contributed by atoms with Gasteiger partial charge in [0.15, 0.2) is 10.3 Å². The SMILES string of the molecule is OC1CC2CCC(C1)N2c1cc(Cl)nnc1Cl. The highest BCUT2D eigenvalue weighted by atomic mass is 35.5. The Morgan fingerprint density at radius 3 is 2.47 bits per heavy atom. The fourth-order valence-electron chi connectivity index (χ4n) is 3.07. The van der Waals surface area contributed by atoms with Crippen LogP contribution >= 0.6 is 23.2 Å². The fourth-order valence-corrected chi connectivity index (χ4v) is 3.40. The molecule has 0 aliphatic carbocycles. The van der Waals surface area contributed by atoms with Gasteiger partial charge in [0.05, 0.1) is 11.8 Å². The zero-order valence-electron chi connectivity index (χ0n) is 9.18. The second-order valence-corrected chi connectivity index (χ2v) is 5.51. The van der Waals surface area contributed by atoms with Crippen molar-refractivity contribution in [1.82, 2.24) is 10.2 Å². The molecule has 2 unspecified atom stereocenters. The Morgan fingerprint density at radius 1 is 1.18 bits per heavy atom. The third-order valence-corrected chi connectivity index (χ3v) is 4.14. The van der Waals surface area contributed by atoms with Crippen LogP contribution in [0.25, 0.3) is 0 Å². The van der Waals surface area contributed by atoms with E-state index in [9.17, 15) is 5.11 Å². The third kappa shape index (κ3) is 1.98. The van der Waals surface area contributed by atoms with Crippen LogP contribution in [0.2, 0.25) is 10.3 Å². The summed E-state index contributed by atoms with van der Waals surface area (Å²) in [5.74, 6) is 0. The first-order valence-corrected chi connectivity index (χ1v) is 6.56. The summed E-state index contributed by atoms with van der Waals surface area (Å²) in [5, 5.41) is 18.1. The molecule has 4 nitrogen and oxygen atoms in total. The van der Waals surface area contributed by atoms with Crippen molar-refractivity contribution in [3.63, 3.8) is 0 Å². The van der Waals surface area contributed by atoms with E-state index in [1.165, 1.54) is 0 Å². The summed E-state index contributed by atoms with van der Waals surface area (Å²) < 4.78 is 0. The smallest absolute Gasteiger partial charge is 0.175 e. The molecule has 0 amide bonds. The highest BCUT2D eigenvalue weighted by Crippen LogP contribution is 2.41. The average Bonchev–Trinajstić information content (AvgIpc) is 2.54. The number of piperidine rings is 1. The minimum absolute atomic E-state index is 0.187. The molecule has 3 rings (SSSR count). The molecule has 17 heavy (non-hydrogen) atoms. The maximum Gasteiger partial charge on any atom is 0.175 e. The highest BCUT2D eigenvalue weighted by molar-refractivity contribution is 6.33. The summed E-state index contributed by atoms with van der Waals surface area (Å²) in [4.78, 5) is 2.26. The molecule has 2 saturated heterocycles. The van der Waals surface area contributed by atoms with E-state index in [2.05, 4.69) is 15.1 Å². The van der Waals surface area contributed by atoms with Gasteiger partial charge in [-0.3, -0.25) is 0 Å². The average molecular weight is 274 g/mol. The summed E-state index contributed by atoms with van der Waals surface area (Å²) in [6.07, 6.45) is 3.60. The molecule has 0 saturated carbocycles. The number of nitrogens with zero attached hydrogens (tertiary/aromatic N) is 3. The molecule has 2 atom stereocenters. The Hall–Kier alpha value is -0.580. The molecule has 0 spiro atoms. The first kappa shape index (κ1) is 11.5. The minimum Gasteiger partial charge on any atom is -0.393 e. The number of hydrogen-bond donors (Lipinski definition) is 1. The van der Waals surface area contributed by atoms with E-state index < -0.39 is 0 Å². The zero-order chi connectivity index (χ0) is 12.0. The monoisotopic (exact) mass is 273 g/mol. The third-order valence-electron chi connectivity index (χ3n) is 3.69. The minimum atomic E-state index is -0.187. The lowest BCUT2D eigenvalue weighted by Gasteiger charge is -2.39. The van der Waals surface area contributed by atoms with Crippen molar-refractivity contribution in [3.05, 3.63) is 16.4 Å². The van der Waals surface area contributed by atoms with Gasteiger partial charge in [0.2, 0.25) is 0 Å². The van der Waals surface area contributed by atoms with E-state index in [0.717, 1.165) is 31.4 Å². The number of aliphatic hydroxyl groups is 1. The quantitative estimate of drug-likeness (QED) is 0.853. The van der Waals surface area contributed by atoms with Crippen LogP contribution in [0, 0.1) is 0 Å². The van der Waals surface area contributed by atoms with Crippen molar-refractivity contribution in [2.75, 3.05) is 4.90 Å². The van der Waals surface area contributed by atoms with E-state index in [1.54, 1.807) is 6.07 Å². The van der Waals surface area contributed by atoms with Gasteiger partial charge in [-0.2, -0.15) is 0 Å². The molecule has 3 heterocycles. The molecule has 0 radical (unpaired) electrons. The normalized spacial score (nSPS) is 31.9. The number of halogens is 2. The maximum atomic E-state index is 9.76. The predicted octanol–water partition coefficient (Wildman–Crippen LogP) is 2.28. The number of hydrogen-bond acceptors (Lipinski definition) is 4. The number of aliphatic hydroxyl groups excluding tert-OH is 1. The molecule has 6 heteroatoms. The molecule has 2 aliphatic rings. The predicted molar refractivity (Wildman–Crippen MR) is 66.6 cm³/mol. The van der Waals surface area contributed by atoms with Crippen molar-refractivity contribution in [2.45, 2.75) is 43.9 Å². The van der Waals surface area contributed by atoms with Gasteiger partial charge >= 0.3 is 0 Å². The van der Waals surface area contributed by atoms with E-state index in [0.29, 0.717) is 22.4 Å². The lowest BCUT2D eigenvalue weighted by Crippen LogP contribution is -2.45. The topological polar surface area (TPSA) is 49.2 Å². The maximum absolute atomic E-state index is 9.76. The Labute approximate surface area is 110 Å². The van der Waals surface area contributed by atoms with Gasteiger partial charge in [0.25, 0.3) is 0 Å². The summed E-state index contributed by atoms with van der Waals surface area (Å²) >= 11 is 12.0. The number of anilines is 1. The van der Waals surface area contributed by atoms with Crippen molar-refractivity contribution in [2.24, 2.45) is 0 Å².